The van der Waals surface area contributed by atoms with Crippen LogP contribution in [0.15, 0.2) is 30.3 Å². The molecule has 18 heavy (non-hydrogen) atoms. The van der Waals surface area contributed by atoms with Gasteiger partial charge in [-0.25, -0.2) is 4.39 Å². The number of nitrogens with one attached hydrogen (secondary N) is 1. The van der Waals surface area contributed by atoms with Crippen molar-refractivity contribution >= 4 is 62.9 Å². The highest BCUT2D eigenvalue weighted by molar-refractivity contribution is 14.1. The molecular formula is C12H8Cl2FIN2. The summed E-state index contributed by atoms with van der Waals surface area (Å²) in [7, 11) is 0. The van der Waals surface area contributed by atoms with Gasteiger partial charge in [0.15, 0.2) is 0 Å². The molecular weight excluding hydrogens is 389 g/mol. The summed E-state index contributed by atoms with van der Waals surface area (Å²) in [5, 5.41) is 3.76. The summed E-state index contributed by atoms with van der Waals surface area (Å²) in [6, 6.07) is 8.04. The third kappa shape index (κ3) is 2.81. The van der Waals surface area contributed by atoms with Crippen LogP contribution in [0.2, 0.25) is 10.0 Å². The second kappa shape index (κ2) is 5.50. The highest BCUT2D eigenvalue weighted by atomic mass is 127. The van der Waals surface area contributed by atoms with Gasteiger partial charge < -0.3 is 11.1 Å². The molecule has 0 fully saturated rings. The Labute approximate surface area is 127 Å². The van der Waals surface area contributed by atoms with E-state index in [2.05, 4.69) is 5.32 Å². The molecule has 94 valence electrons. The van der Waals surface area contributed by atoms with Gasteiger partial charge in [-0.05, 0) is 40.8 Å². The maximum Gasteiger partial charge on any atom is 0.138 e. The molecule has 2 rings (SSSR count). The Morgan fingerprint density at radius 2 is 1.89 bits per heavy atom. The van der Waals surface area contributed by atoms with E-state index in [9.17, 15) is 4.39 Å². The maximum absolute atomic E-state index is 13.5. The van der Waals surface area contributed by atoms with Gasteiger partial charge >= 0.3 is 0 Å². The summed E-state index contributed by atoms with van der Waals surface area (Å²) in [4.78, 5) is 0. The number of nitrogen functional groups attached to an aromatic ring is 1. The second-order valence-electron chi connectivity index (χ2n) is 3.58. The molecule has 2 aromatic rings. The van der Waals surface area contributed by atoms with Gasteiger partial charge in [0.25, 0.3) is 0 Å². The Bertz CT molecular complexity index is 605. The fourth-order valence-electron chi connectivity index (χ4n) is 1.42. The van der Waals surface area contributed by atoms with Gasteiger partial charge in [-0.2, -0.15) is 0 Å². The van der Waals surface area contributed by atoms with Crippen LogP contribution in [0.5, 0.6) is 0 Å². The van der Waals surface area contributed by atoms with Gasteiger partial charge in [-0.1, -0.05) is 29.3 Å². The molecule has 6 heteroatoms. The van der Waals surface area contributed by atoms with Gasteiger partial charge in [0.1, 0.15) is 5.82 Å². The molecule has 0 aliphatic heterocycles. The van der Waals surface area contributed by atoms with Gasteiger partial charge in [-0.3, -0.25) is 0 Å². The lowest BCUT2D eigenvalue weighted by Gasteiger charge is -2.12. The number of nitrogens with two attached hydrogens (primary N) is 1. The first-order valence-corrected chi connectivity index (χ1v) is 6.78. The van der Waals surface area contributed by atoms with Crippen LogP contribution in [-0.2, 0) is 0 Å². The summed E-state index contributed by atoms with van der Waals surface area (Å²) < 4.78 is 13.9. The summed E-state index contributed by atoms with van der Waals surface area (Å²) in [6.45, 7) is 0. The minimum Gasteiger partial charge on any atom is -0.397 e. The van der Waals surface area contributed by atoms with Crippen LogP contribution in [0.4, 0.5) is 21.5 Å². The lowest BCUT2D eigenvalue weighted by atomic mass is 10.2. The summed E-state index contributed by atoms with van der Waals surface area (Å²) in [5.41, 5.74) is 7.29. The van der Waals surface area contributed by atoms with Crippen LogP contribution in [0.3, 0.4) is 0 Å². The van der Waals surface area contributed by atoms with Gasteiger partial charge in [0, 0.05) is 6.07 Å². The maximum atomic E-state index is 13.5. The molecule has 0 saturated carbocycles. The Balaban J connectivity index is 2.40. The third-order valence-electron chi connectivity index (χ3n) is 2.31. The number of hydrogen-bond donors (Lipinski definition) is 2. The molecule has 2 nitrogen and oxygen atoms in total. The summed E-state index contributed by atoms with van der Waals surface area (Å²) >= 11 is 13.8. The zero-order chi connectivity index (χ0) is 13.3. The predicted octanol–water partition coefficient (Wildman–Crippen LogP) is 5.06. The topological polar surface area (TPSA) is 38.0 Å². The van der Waals surface area contributed by atoms with E-state index in [-0.39, 0.29) is 5.82 Å². The van der Waals surface area contributed by atoms with E-state index in [0.717, 1.165) is 0 Å². The summed E-state index contributed by atoms with van der Waals surface area (Å²) in [6.07, 6.45) is 0. The number of halogens is 4. The molecule has 0 saturated heterocycles. The van der Waals surface area contributed by atoms with Crippen LogP contribution in [-0.4, -0.2) is 0 Å². The molecule has 0 aromatic heterocycles. The molecule has 2 aromatic carbocycles. The van der Waals surface area contributed by atoms with E-state index >= 15 is 0 Å². The fraction of sp³-hybridized carbons (Fsp3) is 0. The van der Waals surface area contributed by atoms with Crippen molar-refractivity contribution in [2.24, 2.45) is 0 Å². The van der Waals surface area contributed by atoms with Gasteiger partial charge in [0.05, 0.1) is 30.7 Å². The smallest absolute Gasteiger partial charge is 0.138 e. The van der Waals surface area contributed by atoms with Crippen molar-refractivity contribution in [3.8, 4) is 0 Å². The monoisotopic (exact) mass is 396 g/mol. The van der Waals surface area contributed by atoms with Gasteiger partial charge in [0.2, 0.25) is 0 Å². The number of anilines is 3. The van der Waals surface area contributed by atoms with E-state index in [0.29, 0.717) is 30.7 Å². The molecule has 0 heterocycles. The molecule has 0 unspecified atom stereocenters. The van der Waals surface area contributed by atoms with Crippen molar-refractivity contribution in [3.05, 3.63) is 49.8 Å². The average Bonchev–Trinajstić information content (AvgIpc) is 2.32. The van der Waals surface area contributed by atoms with Crippen molar-refractivity contribution in [3.63, 3.8) is 0 Å². The molecule has 0 aliphatic carbocycles. The Kier molecular flexibility index (Phi) is 4.19. The van der Waals surface area contributed by atoms with E-state index in [1.54, 1.807) is 24.3 Å². The number of benzene rings is 2. The van der Waals surface area contributed by atoms with Crippen LogP contribution in [0.25, 0.3) is 0 Å². The van der Waals surface area contributed by atoms with Gasteiger partial charge in [-0.15, -0.1) is 0 Å². The van der Waals surface area contributed by atoms with Crippen molar-refractivity contribution in [1.29, 1.82) is 0 Å². The minimum absolute atomic E-state index is 0.342. The van der Waals surface area contributed by atoms with Crippen LogP contribution < -0.4 is 11.1 Å². The number of hydrogen-bond acceptors (Lipinski definition) is 2. The third-order valence-corrected chi connectivity index (χ3v) is 3.96. The van der Waals surface area contributed by atoms with Crippen molar-refractivity contribution in [2.45, 2.75) is 0 Å². The van der Waals surface area contributed by atoms with E-state index in [1.807, 2.05) is 22.6 Å². The highest BCUT2D eigenvalue weighted by Crippen LogP contribution is 2.34. The van der Waals surface area contributed by atoms with E-state index in [4.69, 9.17) is 28.9 Å². The lowest BCUT2D eigenvalue weighted by molar-refractivity contribution is 0.621. The number of rotatable bonds is 2. The van der Waals surface area contributed by atoms with Crippen molar-refractivity contribution in [2.75, 3.05) is 11.1 Å². The summed E-state index contributed by atoms with van der Waals surface area (Å²) in [5.74, 6) is -0.342. The van der Waals surface area contributed by atoms with Crippen LogP contribution >= 0.6 is 45.8 Å². The molecule has 0 atom stereocenters. The highest BCUT2D eigenvalue weighted by Gasteiger charge is 2.09. The first kappa shape index (κ1) is 13.7. The largest absolute Gasteiger partial charge is 0.397 e. The Morgan fingerprint density at radius 1 is 1.17 bits per heavy atom. The predicted molar refractivity (Wildman–Crippen MR) is 83.3 cm³/mol. The normalized spacial score (nSPS) is 10.4. The first-order chi connectivity index (χ1) is 8.49. The van der Waals surface area contributed by atoms with Crippen LogP contribution in [0.1, 0.15) is 0 Å². The molecule has 0 bridgehead atoms. The zero-order valence-corrected chi connectivity index (χ0v) is 12.6. The molecule has 0 amide bonds. The quantitative estimate of drug-likeness (QED) is 0.549. The fourth-order valence-corrected chi connectivity index (χ4v) is 2.25. The van der Waals surface area contributed by atoms with Crippen molar-refractivity contribution < 1.29 is 4.39 Å². The average molecular weight is 397 g/mol. The Hall–Kier alpha value is -0.720. The Morgan fingerprint density at radius 3 is 2.61 bits per heavy atom. The first-order valence-electron chi connectivity index (χ1n) is 4.94. The zero-order valence-electron chi connectivity index (χ0n) is 8.98. The lowest BCUT2D eigenvalue weighted by Crippen LogP contribution is -1.99. The minimum atomic E-state index is -0.342. The molecule has 0 radical (unpaired) electrons. The van der Waals surface area contributed by atoms with Crippen LogP contribution in [0, 0.1) is 9.39 Å². The van der Waals surface area contributed by atoms with Crippen molar-refractivity contribution in [1.82, 2.24) is 0 Å². The second-order valence-corrected chi connectivity index (χ2v) is 5.53. The standard InChI is InChI=1S/C12H8Cl2FIN2/c13-6-2-1-3-10(12(6)14)18-11-4-7(15)8(16)5-9(11)17/h1-5,18H,17H2. The SMILES string of the molecule is Nc1cc(I)c(F)cc1Nc1cccc(Cl)c1Cl. The van der Waals surface area contributed by atoms with E-state index in [1.165, 1.54) is 6.07 Å². The van der Waals surface area contributed by atoms with E-state index < -0.39 is 0 Å². The molecule has 0 spiro atoms. The molecule has 0 aliphatic rings. The molecule has 3 N–H and O–H groups in total.